The molecule has 18 heavy (non-hydrogen) atoms. The molecule has 92 valence electrons. The van der Waals surface area contributed by atoms with Crippen LogP contribution in [0.2, 0.25) is 0 Å². The lowest BCUT2D eigenvalue weighted by molar-refractivity contribution is 0.102. The van der Waals surface area contributed by atoms with Gasteiger partial charge in [0.25, 0.3) is 5.91 Å². The van der Waals surface area contributed by atoms with Crippen LogP contribution >= 0.6 is 0 Å². The van der Waals surface area contributed by atoms with E-state index in [2.05, 4.69) is 10.3 Å². The SMILES string of the molecule is Cc1ccc(C(=O)Nc2cccnc2C)c(O)c1. The average molecular weight is 242 g/mol. The summed E-state index contributed by atoms with van der Waals surface area (Å²) in [5, 5.41) is 12.5. The Kier molecular flexibility index (Phi) is 3.28. The van der Waals surface area contributed by atoms with Crippen LogP contribution in [0.1, 0.15) is 21.6 Å². The van der Waals surface area contributed by atoms with Gasteiger partial charge >= 0.3 is 0 Å². The van der Waals surface area contributed by atoms with Crippen molar-refractivity contribution >= 4 is 11.6 Å². The minimum atomic E-state index is -0.344. The van der Waals surface area contributed by atoms with Gasteiger partial charge in [0.2, 0.25) is 0 Å². The Hall–Kier alpha value is -2.36. The van der Waals surface area contributed by atoms with E-state index in [1.54, 1.807) is 36.5 Å². The molecule has 1 aromatic heterocycles. The third kappa shape index (κ3) is 2.48. The van der Waals surface area contributed by atoms with Gasteiger partial charge in [0.05, 0.1) is 16.9 Å². The maximum absolute atomic E-state index is 12.0. The Balaban J connectivity index is 2.25. The van der Waals surface area contributed by atoms with E-state index in [1.165, 1.54) is 0 Å². The van der Waals surface area contributed by atoms with Gasteiger partial charge < -0.3 is 10.4 Å². The number of phenols is 1. The van der Waals surface area contributed by atoms with Crippen LogP contribution in [-0.2, 0) is 0 Å². The molecule has 2 rings (SSSR count). The maximum atomic E-state index is 12.0. The lowest BCUT2D eigenvalue weighted by atomic mass is 10.1. The van der Waals surface area contributed by atoms with E-state index in [0.29, 0.717) is 5.69 Å². The highest BCUT2D eigenvalue weighted by Crippen LogP contribution is 2.20. The molecule has 0 unspecified atom stereocenters. The Labute approximate surface area is 105 Å². The third-order valence-corrected chi connectivity index (χ3v) is 2.65. The first-order chi connectivity index (χ1) is 8.58. The molecule has 0 aliphatic heterocycles. The van der Waals surface area contributed by atoms with Crippen LogP contribution in [0.5, 0.6) is 5.75 Å². The number of nitrogens with one attached hydrogen (secondary N) is 1. The molecule has 0 saturated heterocycles. The summed E-state index contributed by atoms with van der Waals surface area (Å²) in [4.78, 5) is 16.1. The van der Waals surface area contributed by atoms with Gasteiger partial charge in [-0.2, -0.15) is 0 Å². The predicted octanol–water partition coefficient (Wildman–Crippen LogP) is 2.66. The summed E-state index contributed by atoms with van der Waals surface area (Å²) in [6.45, 7) is 3.66. The summed E-state index contributed by atoms with van der Waals surface area (Å²) in [5.74, 6) is -0.363. The van der Waals surface area contributed by atoms with Crippen molar-refractivity contribution < 1.29 is 9.90 Å². The zero-order valence-corrected chi connectivity index (χ0v) is 10.3. The molecule has 2 N–H and O–H groups in total. The first-order valence-electron chi connectivity index (χ1n) is 5.60. The second-order valence-corrected chi connectivity index (χ2v) is 4.11. The zero-order chi connectivity index (χ0) is 13.1. The molecule has 0 saturated carbocycles. The monoisotopic (exact) mass is 242 g/mol. The normalized spacial score (nSPS) is 10.1. The largest absolute Gasteiger partial charge is 0.507 e. The Morgan fingerprint density at radius 1 is 1.28 bits per heavy atom. The summed E-state index contributed by atoms with van der Waals surface area (Å²) in [5.41, 5.74) is 2.53. The van der Waals surface area contributed by atoms with Crippen molar-refractivity contribution in [2.75, 3.05) is 5.32 Å². The number of rotatable bonds is 2. The van der Waals surface area contributed by atoms with Gasteiger partial charge in [0.15, 0.2) is 0 Å². The zero-order valence-electron chi connectivity index (χ0n) is 10.3. The minimum absolute atomic E-state index is 0.0194. The molecular weight excluding hydrogens is 228 g/mol. The molecule has 2 aromatic rings. The fourth-order valence-electron chi connectivity index (χ4n) is 1.64. The first-order valence-corrected chi connectivity index (χ1v) is 5.60. The van der Waals surface area contributed by atoms with Gasteiger partial charge in [-0.1, -0.05) is 6.07 Å². The Morgan fingerprint density at radius 2 is 2.06 bits per heavy atom. The number of hydrogen-bond donors (Lipinski definition) is 2. The smallest absolute Gasteiger partial charge is 0.259 e. The van der Waals surface area contributed by atoms with E-state index in [4.69, 9.17) is 0 Å². The molecule has 1 heterocycles. The lowest BCUT2D eigenvalue weighted by Gasteiger charge is -2.08. The van der Waals surface area contributed by atoms with Crippen LogP contribution in [-0.4, -0.2) is 16.0 Å². The van der Waals surface area contributed by atoms with E-state index >= 15 is 0 Å². The highest BCUT2D eigenvalue weighted by Gasteiger charge is 2.12. The number of pyridine rings is 1. The second-order valence-electron chi connectivity index (χ2n) is 4.11. The highest BCUT2D eigenvalue weighted by atomic mass is 16.3. The number of benzene rings is 1. The van der Waals surface area contributed by atoms with Crippen molar-refractivity contribution in [3.63, 3.8) is 0 Å². The van der Waals surface area contributed by atoms with Gasteiger partial charge in [0, 0.05) is 6.20 Å². The van der Waals surface area contributed by atoms with E-state index in [-0.39, 0.29) is 17.2 Å². The fourth-order valence-corrected chi connectivity index (χ4v) is 1.64. The molecule has 0 spiro atoms. The van der Waals surface area contributed by atoms with Crippen molar-refractivity contribution in [3.8, 4) is 5.75 Å². The van der Waals surface area contributed by atoms with E-state index in [0.717, 1.165) is 11.3 Å². The number of nitrogens with zero attached hydrogens (tertiary/aromatic N) is 1. The van der Waals surface area contributed by atoms with Gasteiger partial charge in [-0.25, -0.2) is 0 Å². The molecule has 1 aromatic carbocycles. The number of aromatic hydroxyl groups is 1. The molecule has 0 aliphatic carbocycles. The first kappa shape index (κ1) is 12.1. The summed E-state index contributed by atoms with van der Waals surface area (Å²) < 4.78 is 0. The fraction of sp³-hybridized carbons (Fsp3) is 0.143. The number of amides is 1. The Bertz CT molecular complexity index is 594. The van der Waals surface area contributed by atoms with Crippen molar-refractivity contribution in [3.05, 3.63) is 53.3 Å². The van der Waals surface area contributed by atoms with Crippen molar-refractivity contribution in [2.24, 2.45) is 0 Å². The third-order valence-electron chi connectivity index (χ3n) is 2.65. The molecule has 0 bridgehead atoms. The summed E-state index contributed by atoms with van der Waals surface area (Å²) in [7, 11) is 0. The minimum Gasteiger partial charge on any atom is -0.507 e. The number of anilines is 1. The number of phenolic OH excluding ortho intramolecular Hbond substituents is 1. The molecule has 4 nitrogen and oxygen atoms in total. The number of carbonyl (C=O) groups is 1. The number of aromatic nitrogens is 1. The number of aryl methyl sites for hydroxylation is 2. The maximum Gasteiger partial charge on any atom is 0.259 e. The molecule has 4 heteroatoms. The standard InChI is InChI=1S/C14H14N2O2/c1-9-5-6-11(13(17)8-9)14(18)16-12-4-3-7-15-10(12)2/h3-8,17H,1-2H3,(H,16,18). The van der Waals surface area contributed by atoms with Gasteiger partial charge in [-0.05, 0) is 43.7 Å². The van der Waals surface area contributed by atoms with E-state index in [1.807, 2.05) is 13.8 Å². The van der Waals surface area contributed by atoms with Crippen LogP contribution in [0.15, 0.2) is 36.5 Å². The number of hydrogen-bond acceptors (Lipinski definition) is 3. The molecule has 0 radical (unpaired) electrons. The van der Waals surface area contributed by atoms with Gasteiger partial charge in [0.1, 0.15) is 5.75 Å². The van der Waals surface area contributed by atoms with Crippen LogP contribution in [0.3, 0.4) is 0 Å². The van der Waals surface area contributed by atoms with E-state index in [9.17, 15) is 9.90 Å². The topological polar surface area (TPSA) is 62.2 Å². The predicted molar refractivity (Wildman–Crippen MR) is 69.8 cm³/mol. The molecule has 0 fully saturated rings. The van der Waals surface area contributed by atoms with Crippen molar-refractivity contribution in [2.45, 2.75) is 13.8 Å². The second kappa shape index (κ2) is 4.87. The van der Waals surface area contributed by atoms with E-state index < -0.39 is 0 Å². The van der Waals surface area contributed by atoms with Crippen LogP contribution in [0.25, 0.3) is 0 Å². The summed E-state index contributed by atoms with van der Waals surface area (Å²) >= 11 is 0. The van der Waals surface area contributed by atoms with Crippen molar-refractivity contribution in [1.82, 2.24) is 4.98 Å². The average Bonchev–Trinajstić information content (AvgIpc) is 2.32. The lowest BCUT2D eigenvalue weighted by Crippen LogP contribution is -2.13. The summed E-state index contributed by atoms with van der Waals surface area (Å²) in [6, 6.07) is 8.46. The quantitative estimate of drug-likeness (QED) is 0.851. The van der Waals surface area contributed by atoms with Crippen LogP contribution in [0, 0.1) is 13.8 Å². The van der Waals surface area contributed by atoms with Crippen LogP contribution in [0.4, 0.5) is 5.69 Å². The molecule has 0 aliphatic rings. The summed E-state index contributed by atoms with van der Waals surface area (Å²) in [6.07, 6.45) is 1.66. The molecule has 1 amide bonds. The Morgan fingerprint density at radius 3 is 2.72 bits per heavy atom. The van der Waals surface area contributed by atoms with Crippen LogP contribution < -0.4 is 5.32 Å². The molecular formula is C14H14N2O2. The van der Waals surface area contributed by atoms with Gasteiger partial charge in [-0.15, -0.1) is 0 Å². The molecule has 0 atom stereocenters. The van der Waals surface area contributed by atoms with Gasteiger partial charge in [-0.3, -0.25) is 9.78 Å². The van der Waals surface area contributed by atoms with Crippen molar-refractivity contribution in [1.29, 1.82) is 0 Å². The highest BCUT2D eigenvalue weighted by molar-refractivity contribution is 6.06. The number of carbonyl (C=O) groups excluding carboxylic acids is 1.